The molecule has 4 heteroatoms. The first-order chi connectivity index (χ1) is 9.07. The molecule has 4 nitrogen and oxygen atoms in total. The van der Waals surface area contributed by atoms with Crippen LogP contribution in [0.2, 0.25) is 0 Å². The normalized spacial score (nSPS) is 18.9. The maximum atomic E-state index is 12.3. The van der Waals surface area contributed by atoms with Crippen LogP contribution >= 0.6 is 0 Å². The highest BCUT2D eigenvalue weighted by atomic mass is 16.5. The standard InChI is InChI=1S/C15H22N2O2/c1-11(12-7-3-4-8-13(12)19-2)17-14(18)15(16)9-5-6-10-15/h3-4,7-8,11H,5-6,9-10,16H2,1-2H3,(H,17,18)/t11-/m0/s1. The molecule has 2 rings (SSSR count). The Hall–Kier alpha value is -1.55. The predicted octanol–water partition coefficient (Wildman–Crippen LogP) is 2.14. The highest BCUT2D eigenvalue weighted by molar-refractivity contribution is 5.86. The molecule has 0 radical (unpaired) electrons. The zero-order valence-electron chi connectivity index (χ0n) is 11.6. The highest BCUT2D eigenvalue weighted by Gasteiger charge is 2.37. The van der Waals surface area contributed by atoms with Gasteiger partial charge in [-0.3, -0.25) is 4.79 Å². The van der Waals surface area contributed by atoms with E-state index in [4.69, 9.17) is 10.5 Å². The molecule has 1 aliphatic rings. The molecule has 19 heavy (non-hydrogen) atoms. The summed E-state index contributed by atoms with van der Waals surface area (Å²) in [7, 11) is 1.63. The summed E-state index contributed by atoms with van der Waals surface area (Å²) in [5.74, 6) is 0.733. The number of hydrogen-bond donors (Lipinski definition) is 2. The molecule has 0 unspecified atom stereocenters. The lowest BCUT2D eigenvalue weighted by molar-refractivity contribution is -0.126. The van der Waals surface area contributed by atoms with E-state index in [1.807, 2.05) is 31.2 Å². The van der Waals surface area contributed by atoms with Crippen LogP contribution in [0, 0.1) is 0 Å². The van der Waals surface area contributed by atoms with E-state index in [0.29, 0.717) is 0 Å². The van der Waals surface area contributed by atoms with E-state index < -0.39 is 5.54 Å². The highest BCUT2D eigenvalue weighted by Crippen LogP contribution is 2.29. The van der Waals surface area contributed by atoms with Gasteiger partial charge in [0.05, 0.1) is 18.7 Å². The summed E-state index contributed by atoms with van der Waals surface area (Å²) >= 11 is 0. The van der Waals surface area contributed by atoms with Gasteiger partial charge in [-0.05, 0) is 25.8 Å². The van der Waals surface area contributed by atoms with Crippen molar-refractivity contribution in [3.63, 3.8) is 0 Å². The quantitative estimate of drug-likeness (QED) is 0.873. The molecule has 0 spiro atoms. The lowest BCUT2D eigenvalue weighted by Crippen LogP contribution is -2.52. The fourth-order valence-electron chi connectivity index (χ4n) is 2.68. The first kappa shape index (κ1) is 13.9. The maximum Gasteiger partial charge on any atom is 0.240 e. The molecule has 1 amide bonds. The first-order valence-electron chi connectivity index (χ1n) is 6.79. The van der Waals surface area contributed by atoms with Gasteiger partial charge in [0.2, 0.25) is 5.91 Å². The van der Waals surface area contributed by atoms with Crippen LogP contribution in [0.25, 0.3) is 0 Å². The van der Waals surface area contributed by atoms with Gasteiger partial charge in [0.1, 0.15) is 5.75 Å². The zero-order chi connectivity index (χ0) is 13.9. The van der Waals surface area contributed by atoms with Gasteiger partial charge in [0, 0.05) is 5.56 Å². The summed E-state index contributed by atoms with van der Waals surface area (Å²) in [5.41, 5.74) is 6.44. The zero-order valence-corrected chi connectivity index (χ0v) is 11.6. The number of benzene rings is 1. The minimum atomic E-state index is -0.684. The van der Waals surface area contributed by atoms with Crippen LogP contribution < -0.4 is 15.8 Å². The molecule has 0 aromatic heterocycles. The molecule has 0 saturated heterocycles. The van der Waals surface area contributed by atoms with Crippen molar-refractivity contribution in [2.24, 2.45) is 5.73 Å². The van der Waals surface area contributed by atoms with Gasteiger partial charge >= 0.3 is 0 Å². The number of methoxy groups -OCH3 is 1. The third-order valence-electron chi connectivity index (χ3n) is 3.90. The van der Waals surface area contributed by atoms with E-state index in [1.165, 1.54) is 0 Å². The van der Waals surface area contributed by atoms with E-state index in [2.05, 4.69) is 5.32 Å². The van der Waals surface area contributed by atoms with E-state index >= 15 is 0 Å². The third-order valence-corrected chi connectivity index (χ3v) is 3.90. The van der Waals surface area contributed by atoms with Crippen LogP contribution in [0.3, 0.4) is 0 Å². The smallest absolute Gasteiger partial charge is 0.240 e. The van der Waals surface area contributed by atoms with Crippen LogP contribution in [0.4, 0.5) is 0 Å². The summed E-state index contributed by atoms with van der Waals surface area (Å²) in [6.07, 6.45) is 3.62. The van der Waals surface area contributed by atoms with E-state index in [1.54, 1.807) is 7.11 Å². The predicted molar refractivity (Wildman–Crippen MR) is 74.9 cm³/mol. The molecule has 1 saturated carbocycles. The first-order valence-corrected chi connectivity index (χ1v) is 6.79. The number of ether oxygens (including phenoxy) is 1. The van der Waals surface area contributed by atoms with E-state index in [9.17, 15) is 4.79 Å². The molecule has 0 aliphatic heterocycles. The molecule has 1 aliphatic carbocycles. The van der Waals surface area contributed by atoms with Crippen molar-refractivity contribution in [2.75, 3.05) is 7.11 Å². The fraction of sp³-hybridized carbons (Fsp3) is 0.533. The van der Waals surface area contributed by atoms with Gasteiger partial charge in [0.25, 0.3) is 0 Å². The molecule has 0 bridgehead atoms. The van der Waals surface area contributed by atoms with Crippen molar-refractivity contribution < 1.29 is 9.53 Å². The minimum absolute atomic E-state index is 0.0524. The van der Waals surface area contributed by atoms with Gasteiger partial charge in [0.15, 0.2) is 0 Å². The molecule has 104 valence electrons. The Labute approximate surface area is 114 Å². The van der Waals surface area contributed by atoms with Crippen LogP contribution in [-0.4, -0.2) is 18.6 Å². The van der Waals surface area contributed by atoms with Crippen molar-refractivity contribution in [1.82, 2.24) is 5.32 Å². The van der Waals surface area contributed by atoms with Crippen molar-refractivity contribution >= 4 is 5.91 Å². The molecule has 1 aromatic rings. The summed E-state index contributed by atoms with van der Waals surface area (Å²) in [4.78, 5) is 12.3. The number of carbonyl (C=O) groups is 1. The molecule has 1 aromatic carbocycles. The van der Waals surface area contributed by atoms with Crippen molar-refractivity contribution in [2.45, 2.75) is 44.2 Å². The second-order valence-electron chi connectivity index (χ2n) is 5.30. The molecule has 0 heterocycles. The number of nitrogens with two attached hydrogens (primary N) is 1. The summed E-state index contributed by atoms with van der Waals surface area (Å²) in [6, 6.07) is 7.60. The maximum absolute atomic E-state index is 12.3. The number of amides is 1. The van der Waals surface area contributed by atoms with Crippen LogP contribution in [0.15, 0.2) is 24.3 Å². The van der Waals surface area contributed by atoms with Crippen LogP contribution in [0.1, 0.15) is 44.2 Å². The summed E-state index contributed by atoms with van der Waals surface area (Å²) < 4.78 is 5.32. The fourth-order valence-corrected chi connectivity index (χ4v) is 2.68. The van der Waals surface area contributed by atoms with Crippen molar-refractivity contribution in [3.05, 3.63) is 29.8 Å². The topological polar surface area (TPSA) is 64.3 Å². The molecule has 1 fully saturated rings. The van der Waals surface area contributed by atoms with Crippen molar-refractivity contribution in [1.29, 1.82) is 0 Å². The van der Waals surface area contributed by atoms with Crippen LogP contribution in [-0.2, 0) is 4.79 Å². The number of para-hydroxylation sites is 1. The van der Waals surface area contributed by atoms with E-state index in [0.717, 1.165) is 37.0 Å². The number of carbonyl (C=O) groups excluding carboxylic acids is 1. The number of hydrogen-bond acceptors (Lipinski definition) is 3. The average molecular weight is 262 g/mol. The Kier molecular flexibility index (Phi) is 4.10. The van der Waals surface area contributed by atoms with E-state index in [-0.39, 0.29) is 11.9 Å². The largest absolute Gasteiger partial charge is 0.496 e. The molecular weight excluding hydrogens is 240 g/mol. The SMILES string of the molecule is COc1ccccc1[C@H](C)NC(=O)C1(N)CCCC1. The van der Waals surface area contributed by atoms with Crippen LogP contribution in [0.5, 0.6) is 5.75 Å². The Morgan fingerprint density at radius 3 is 2.63 bits per heavy atom. The van der Waals surface area contributed by atoms with Gasteiger partial charge < -0.3 is 15.8 Å². The Balaban J connectivity index is 2.08. The third kappa shape index (κ3) is 2.89. The summed E-state index contributed by atoms with van der Waals surface area (Å²) in [5, 5.41) is 3.01. The summed E-state index contributed by atoms with van der Waals surface area (Å²) in [6.45, 7) is 1.95. The number of rotatable bonds is 4. The Morgan fingerprint density at radius 2 is 2.00 bits per heavy atom. The van der Waals surface area contributed by atoms with Gasteiger partial charge in [-0.15, -0.1) is 0 Å². The minimum Gasteiger partial charge on any atom is -0.496 e. The average Bonchev–Trinajstić information content (AvgIpc) is 2.87. The lowest BCUT2D eigenvalue weighted by atomic mass is 9.97. The van der Waals surface area contributed by atoms with Gasteiger partial charge in [-0.25, -0.2) is 0 Å². The lowest BCUT2D eigenvalue weighted by Gasteiger charge is -2.25. The second-order valence-corrected chi connectivity index (χ2v) is 5.30. The Morgan fingerprint density at radius 1 is 1.37 bits per heavy atom. The van der Waals surface area contributed by atoms with Gasteiger partial charge in [-0.2, -0.15) is 0 Å². The van der Waals surface area contributed by atoms with Crippen molar-refractivity contribution in [3.8, 4) is 5.75 Å². The molecular formula is C15H22N2O2. The molecule has 1 atom stereocenters. The second kappa shape index (κ2) is 5.61. The monoisotopic (exact) mass is 262 g/mol. The van der Waals surface area contributed by atoms with Gasteiger partial charge in [-0.1, -0.05) is 31.0 Å². The molecule has 3 N–H and O–H groups in total. The number of nitrogens with one attached hydrogen (secondary N) is 1. The Bertz CT molecular complexity index is 453.